The average Bonchev–Trinajstić information content (AvgIpc) is 2.42. The summed E-state index contributed by atoms with van der Waals surface area (Å²) in [5.41, 5.74) is 0. The molecule has 0 unspecified atom stereocenters. The molecule has 0 atom stereocenters. The van der Waals surface area contributed by atoms with Crippen LogP contribution in [-0.2, 0) is 4.79 Å². The van der Waals surface area contributed by atoms with E-state index in [9.17, 15) is 4.79 Å². The van der Waals surface area contributed by atoms with Crippen LogP contribution in [0.5, 0.6) is 6.01 Å². The van der Waals surface area contributed by atoms with Gasteiger partial charge in [-0.1, -0.05) is 6.92 Å². The quantitative estimate of drug-likeness (QED) is 0.643. The molecule has 0 spiro atoms. The lowest BCUT2D eigenvalue weighted by molar-refractivity contribution is -0.119. The van der Waals surface area contributed by atoms with Crippen molar-refractivity contribution in [3.63, 3.8) is 0 Å². The highest BCUT2D eigenvalue weighted by Gasteiger charge is 2.08. The highest BCUT2D eigenvalue weighted by atomic mass is 16.5. The summed E-state index contributed by atoms with van der Waals surface area (Å²) >= 11 is 0. The number of carbonyl (C=O) groups excluding carboxylic acids is 1. The molecule has 8 nitrogen and oxygen atoms in total. The first-order valence-electron chi connectivity index (χ1n) is 6.65. The van der Waals surface area contributed by atoms with Crippen LogP contribution >= 0.6 is 0 Å². The first-order valence-corrected chi connectivity index (χ1v) is 6.65. The van der Waals surface area contributed by atoms with Gasteiger partial charge in [-0.05, 0) is 20.3 Å². The number of hydrogen-bond acceptors (Lipinski definition) is 7. The molecule has 112 valence electrons. The van der Waals surface area contributed by atoms with Crippen molar-refractivity contribution in [3.8, 4) is 6.01 Å². The number of aromatic nitrogens is 3. The second-order valence-corrected chi connectivity index (χ2v) is 4.44. The summed E-state index contributed by atoms with van der Waals surface area (Å²) in [6.45, 7) is 6.42. The monoisotopic (exact) mass is 282 g/mol. The summed E-state index contributed by atoms with van der Waals surface area (Å²) in [6.07, 6.45) is 0.861. The van der Waals surface area contributed by atoms with E-state index in [-0.39, 0.29) is 24.5 Å². The number of carbonyl (C=O) groups is 1. The maximum absolute atomic E-state index is 11.5. The van der Waals surface area contributed by atoms with E-state index in [1.807, 2.05) is 20.8 Å². The van der Waals surface area contributed by atoms with Gasteiger partial charge in [-0.25, -0.2) is 0 Å². The van der Waals surface area contributed by atoms with Gasteiger partial charge in [0.05, 0.1) is 13.2 Å². The number of amides is 1. The zero-order chi connectivity index (χ0) is 15.0. The number of nitrogens with one attached hydrogen (secondary N) is 3. The molecule has 0 aromatic carbocycles. The fourth-order valence-corrected chi connectivity index (χ4v) is 1.34. The van der Waals surface area contributed by atoms with Crippen molar-refractivity contribution in [2.75, 3.05) is 30.8 Å². The molecule has 1 rings (SSSR count). The lowest BCUT2D eigenvalue weighted by Crippen LogP contribution is -2.35. The van der Waals surface area contributed by atoms with Crippen molar-refractivity contribution in [2.45, 2.75) is 33.2 Å². The van der Waals surface area contributed by atoms with Crippen molar-refractivity contribution in [3.05, 3.63) is 0 Å². The Morgan fingerprint density at radius 2 is 1.95 bits per heavy atom. The Morgan fingerprint density at radius 1 is 1.25 bits per heavy atom. The molecule has 0 saturated heterocycles. The number of anilines is 2. The topological polar surface area (TPSA) is 101 Å². The molecule has 0 saturated carbocycles. The van der Waals surface area contributed by atoms with Crippen LogP contribution in [0.15, 0.2) is 0 Å². The molecule has 0 aliphatic rings. The Hall–Kier alpha value is -2.12. The Balaban J connectivity index is 2.65. The first-order chi connectivity index (χ1) is 9.55. The van der Waals surface area contributed by atoms with Gasteiger partial charge in [0.15, 0.2) is 0 Å². The van der Waals surface area contributed by atoms with Crippen molar-refractivity contribution in [1.82, 2.24) is 20.3 Å². The summed E-state index contributed by atoms with van der Waals surface area (Å²) in [5, 5.41) is 8.44. The minimum Gasteiger partial charge on any atom is -0.463 e. The third kappa shape index (κ3) is 5.68. The smallest absolute Gasteiger partial charge is 0.323 e. The van der Waals surface area contributed by atoms with Crippen molar-refractivity contribution in [2.24, 2.45) is 0 Å². The lowest BCUT2D eigenvalue weighted by Gasteiger charge is -2.10. The number of ether oxygens (including phenoxy) is 1. The summed E-state index contributed by atoms with van der Waals surface area (Å²) in [4.78, 5) is 23.8. The highest BCUT2D eigenvalue weighted by Crippen LogP contribution is 2.10. The van der Waals surface area contributed by atoms with E-state index < -0.39 is 0 Å². The van der Waals surface area contributed by atoms with Crippen molar-refractivity contribution >= 4 is 17.8 Å². The second kappa shape index (κ2) is 8.13. The standard InChI is InChI=1S/C12H22N6O2/c1-5-6-20-12-17-10(13-4)16-11(18-12)14-7-9(19)15-8(2)3/h8H,5-7H2,1-4H3,(H,15,19)(H2,13,14,16,17,18). The molecule has 20 heavy (non-hydrogen) atoms. The molecule has 0 aliphatic carbocycles. The molecule has 0 bridgehead atoms. The summed E-state index contributed by atoms with van der Waals surface area (Å²) in [5.74, 6) is 0.565. The van der Waals surface area contributed by atoms with Crippen LogP contribution in [0.1, 0.15) is 27.2 Å². The summed E-state index contributed by atoms with van der Waals surface area (Å²) in [7, 11) is 1.70. The Bertz CT molecular complexity index is 438. The third-order valence-corrected chi connectivity index (χ3v) is 2.13. The van der Waals surface area contributed by atoms with Crippen molar-refractivity contribution < 1.29 is 9.53 Å². The minimum absolute atomic E-state index is 0.0958. The Labute approximate surface area is 118 Å². The van der Waals surface area contributed by atoms with Gasteiger partial charge >= 0.3 is 6.01 Å². The highest BCUT2D eigenvalue weighted by molar-refractivity contribution is 5.80. The molecule has 0 radical (unpaired) electrons. The van der Waals surface area contributed by atoms with Crippen LogP contribution < -0.4 is 20.7 Å². The van der Waals surface area contributed by atoms with E-state index in [4.69, 9.17) is 4.74 Å². The summed E-state index contributed by atoms with van der Waals surface area (Å²) in [6, 6.07) is 0.331. The SMILES string of the molecule is CCCOc1nc(NC)nc(NCC(=O)NC(C)C)n1. The molecule has 1 aromatic heterocycles. The minimum atomic E-state index is -0.123. The van der Waals surface area contributed by atoms with Crippen LogP contribution in [0, 0.1) is 0 Å². The average molecular weight is 282 g/mol. The predicted octanol–water partition coefficient (Wildman–Crippen LogP) is 0.639. The number of rotatable bonds is 8. The largest absolute Gasteiger partial charge is 0.463 e. The van der Waals surface area contributed by atoms with Gasteiger partial charge in [0.1, 0.15) is 0 Å². The Morgan fingerprint density at radius 3 is 2.55 bits per heavy atom. The van der Waals surface area contributed by atoms with Gasteiger partial charge in [0, 0.05) is 13.1 Å². The predicted molar refractivity (Wildman–Crippen MR) is 76.9 cm³/mol. The molecule has 0 aliphatic heterocycles. The first kappa shape index (κ1) is 15.9. The van der Waals surface area contributed by atoms with Crippen LogP contribution in [0.4, 0.5) is 11.9 Å². The Kier molecular flexibility index (Phi) is 6.48. The molecule has 1 amide bonds. The van der Waals surface area contributed by atoms with Crippen LogP contribution in [-0.4, -0.2) is 47.1 Å². The fourth-order valence-electron chi connectivity index (χ4n) is 1.34. The van der Waals surface area contributed by atoms with Gasteiger partial charge in [-0.3, -0.25) is 4.79 Å². The van der Waals surface area contributed by atoms with Crippen LogP contribution in [0.2, 0.25) is 0 Å². The van der Waals surface area contributed by atoms with Crippen molar-refractivity contribution in [1.29, 1.82) is 0 Å². The number of nitrogens with zero attached hydrogens (tertiary/aromatic N) is 3. The zero-order valence-electron chi connectivity index (χ0n) is 12.4. The summed E-state index contributed by atoms with van der Waals surface area (Å²) < 4.78 is 5.37. The van der Waals surface area contributed by atoms with E-state index in [0.29, 0.717) is 18.5 Å². The normalized spacial score (nSPS) is 10.2. The maximum atomic E-state index is 11.5. The molecule has 3 N–H and O–H groups in total. The van der Waals surface area contributed by atoms with Gasteiger partial charge in [0.25, 0.3) is 0 Å². The van der Waals surface area contributed by atoms with E-state index in [1.54, 1.807) is 7.05 Å². The number of hydrogen-bond donors (Lipinski definition) is 3. The van der Waals surface area contributed by atoms with Crippen LogP contribution in [0.25, 0.3) is 0 Å². The van der Waals surface area contributed by atoms with E-state index in [0.717, 1.165) is 6.42 Å². The molecular formula is C12H22N6O2. The van der Waals surface area contributed by atoms with E-state index in [2.05, 4.69) is 30.9 Å². The third-order valence-electron chi connectivity index (χ3n) is 2.13. The molecular weight excluding hydrogens is 260 g/mol. The van der Waals surface area contributed by atoms with Gasteiger partial charge in [-0.15, -0.1) is 0 Å². The van der Waals surface area contributed by atoms with E-state index in [1.165, 1.54) is 0 Å². The fraction of sp³-hybridized carbons (Fsp3) is 0.667. The lowest BCUT2D eigenvalue weighted by atomic mass is 10.4. The van der Waals surface area contributed by atoms with Gasteiger partial charge < -0.3 is 20.7 Å². The maximum Gasteiger partial charge on any atom is 0.323 e. The van der Waals surface area contributed by atoms with Crippen LogP contribution in [0.3, 0.4) is 0 Å². The second-order valence-electron chi connectivity index (χ2n) is 4.44. The molecule has 0 fully saturated rings. The molecule has 8 heteroatoms. The van der Waals surface area contributed by atoms with E-state index >= 15 is 0 Å². The zero-order valence-corrected chi connectivity index (χ0v) is 12.4. The molecule has 1 heterocycles. The van der Waals surface area contributed by atoms with Gasteiger partial charge in [0.2, 0.25) is 17.8 Å². The molecule has 1 aromatic rings. The van der Waals surface area contributed by atoms with Gasteiger partial charge in [-0.2, -0.15) is 15.0 Å².